The van der Waals surface area contributed by atoms with Crippen molar-refractivity contribution in [2.75, 3.05) is 19.7 Å². The van der Waals surface area contributed by atoms with Gasteiger partial charge >= 0.3 is 0 Å². The molecule has 1 aromatic heterocycles. The lowest BCUT2D eigenvalue weighted by Crippen LogP contribution is -2.43. The number of hydrogen-bond donors (Lipinski definition) is 1. The predicted octanol–water partition coefficient (Wildman–Crippen LogP) is 3.36. The minimum absolute atomic E-state index is 0. The molecule has 1 amide bonds. The van der Waals surface area contributed by atoms with Crippen molar-refractivity contribution in [3.8, 4) is 5.75 Å². The minimum Gasteiger partial charge on any atom is -0.484 e. The second-order valence-corrected chi connectivity index (χ2v) is 6.78. The topological polar surface area (TPSA) is 54.5 Å². The lowest BCUT2D eigenvalue weighted by molar-refractivity contribution is -0.136. The number of carbonyl (C=O) groups excluding carboxylic acids is 1. The van der Waals surface area contributed by atoms with Gasteiger partial charge in [-0.1, -0.05) is 23.8 Å². The number of benzene rings is 1. The molecule has 5 nitrogen and oxygen atoms in total. The zero-order valence-corrected chi connectivity index (χ0v) is 16.6. The van der Waals surface area contributed by atoms with E-state index < -0.39 is 0 Å². The quantitative estimate of drug-likeness (QED) is 0.823. The number of aryl methyl sites for hydroxylation is 1. The fourth-order valence-corrected chi connectivity index (χ4v) is 3.26. The maximum atomic E-state index is 13.0. The normalized spacial score (nSPS) is 16.7. The monoisotopic (exact) mass is 389 g/mol. The largest absolute Gasteiger partial charge is 0.484 e. The van der Waals surface area contributed by atoms with Crippen LogP contribution in [-0.2, 0) is 11.3 Å². The van der Waals surface area contributed by atoms with Crippen LogP contribution in [0.3, 0.4) is 0 Å². The molecule has 1 aliphatic heterocycles. The van der Waals surface area contributed by atoms with E-state index in [0.717, 1.165) is 43.8 Å². The first-order valence-corrected chi connectivity index (χ1v) is 9.32. The van der Waals surface area contributed by atoms with Gasteiger partial charge in [-0.2, -0.15) is 0 Å². The second-order valence-electron chi connectivity index (χ2n) is 6.78. The second kappa shape index (κ2) is 10.9. The van der Waals surface area contributed by atoms with Gasteiger partial charge in [-0.15, -0.1) is 12.4 Å². The molecule has 1 N–H and O–H groups in total. The Hall–Kier alpha value is -2.11. The summed E-state index contributed by atoms with van der Waals surface area (Å²) in [5.41, 5.74) is 2.08. The number of hydrogen-bond acceptors (Lipinski definition) is 4. The third-order valence-electron chi connectivity index (χ3n) is 4.75. The maximum Gasteiger partial charge on any atom is 0.261 e. The van der Waals surface area contributed by atoms with E-state index in [0.29, 0.717) is 6.54 Å². The highest BCUT2D eigenvalue weighted by molar-refractivity contribution is 5.85. The Kier molecular flexibility index (Phi) is 8.55. The van der Waals surface area contributed by atoms with Crippen LogP contribution < -0.4 is 10.1 Å². The van der Waals surface area contributed by atoms with Crippen molar-refractivity contribution < 1.29 is 9.53 Å². The number of carbonyl (C=O) groups is 1. The van der Waals surface area contributed by atoms with E-state index in [-0.39, 0.29) is 31.0 Å². The van der Waals surface area contributed by atoms with E-state index in [1.54, 1.807) is 6.20 Å². The highest BCUT2D eigenvalue weighted by atomic mass is 35.5. The summed E-state index contributed by atoms with van der Waals surface area (Å²) in [6, 6.07) is 13.8. The molecule has 0 radical (unpaired) electrons. The molecule has 2 aromatic rings. The standard InChI is InChI=1S/C21H27N3O2.ClH/c1-17-7-9-20(10-8-17)26-16-21(25)24(15-18-5-2-3-13-23-18)19-6-4-12-22-14-11-19;/h2-3,5,7-10,13,19,22H,4,6,11-12,14-16H2,1H3;1H. The summed E-state index contributed by atoms with van der Waals surface area (Å²) >= 11 is 0. The molecule has 1 fully saturated rings. The summed E-state index contributed by atoms with van der Waals surface area (Å²) in [7, 11) is 0. The molecule has 27 heavy (non-hydrogen) atoms. The van der Waals surface area contributed by atoms with Gasteiger partial charge in [-0.3, -0.25) is 9.78 Å². The molecule has 6 heteroatoms. The van der Waals surface area contributed by atoms with Crippen LogP contribution in [0.2, 0.25) is 0 Å². The molecule has 0 saturated carbocycles. The molecule has 1 aromatic carbocycles. The zero-order chi connectivity index (χ0) is 18.2. The molecule has 146 valence electrons. The van der Waals surface area contributed by atoms with Crippen LogP contribution in [0.15, 0.2) is 48.7 Å². The van der Waals surface area contributed by atoms with Crippen molar-refractivity contribution in [3.05, 3.63) is 59.9 Å². The Morgan fingerprint density at radius 2 is 2.00 bits per heavy atom. The van der Waals surface area contributed by atoms with Gasteiger partial charge in [0, 0.05) is 12.2 Å². The first-order valence-electron chi connectivity index (χ1n) is 9.32. The first-order chi connectivity index (χ1) is 12.7. The Morgan fingerprint density at radius 1 is 1.19 bits per heavy atom. The minimum atomic E-state index is 0. The van der Waals surface area contributed by atoms with Crippen molar-refractivity contribution in [2.45, 2.75) is 38.8 Å². The lowest BCUT2D eigenvalue weighted by atomic mass is 10.1. The smallest absolute Gasteiger partial charge is 0.261 e. The number of nitrogens with zero attached hydrogens (tertiary/aromatic N) is 2. The number of aromatic nitrogens is 1. The van der Waals surface area contributed by atoms with Crippen molar-refractivity contribution in [1.29, 1.82) is 0 Å². The number of ether oxygens (including phenoxy) is 1. The third-order valence-corrected chi connectivity index (χ3v) is 4.75. The van der Waals surface area contributed by atoms with Crippen LogP contribution in [0.25, 0.3) is 0 Å². The van der Waals surface area contributed by atoms with Crippen molar-refractivity contribution in [2.24, 2.45) is 0 Å². The summed E-state index contributed by atoms with van der Waals surface area (Å²) in [5.74, 6) is 0.743. The number of amides is 1. The number of halogens is 1. The lowest BCUT2D eigenvalue weighted by Gasteiger charge is -2.31. The summed E-state index contributed by atoms with van der Waals surface area (Å²) in [6.45, 7) is 4.57. The van der Waals surface area contributed by atoms with Gasteiger partial charge < -0.3 is 15.0 Å². The van der Waals surface area contributed by atoms with Crippen molar-refractivity contribution in [1.82, 2.24) is 15.2 Å². The van der Waals surface area contributed by atoms with Gasteiger partial charge in [-0.05, 0) is 63.5 Å². The Bertz CT molecular complexity index is 686. The fraction of sp³-hybridized carbons (Fsp3) is 0.429. The molecule has 1 aliphatic rings. The van der Waals surface area contributed by atoms with Crippen LogP contribution >= 0.6 is 12.4 Å². The van der Waals surface area contributed by atoms with E-state index in [1.807, 2.05) is 54.3 Å². The molecule has 1 unspecified atom stereocenters. The number of rotatable bonds is 6. The zero-order valence-electron chi connectivity index (χ0n) is 15.8. The van der Waals surface area contributed by atoms with Crippen LogP contribution in [0, 0.1) is 6.92 Å². The molecule has 1 atom stereocenters. The summed E-state index contributed by atoms with van der Waals surface area (Å²) < 4.78 is 5.74. The van der Waals surface area contributed by atoms with Gasteiger partial charge in [0.2, 0.25) is 0 Å². The highest BCUT2D eigenvalue weighted by Crippen LogP contribution is 2.18. The van der Waals surface area contributed by atoms with Gasteiger partial charge in [0.05, 0.1) is 12.2 Å². The molecule has 1 saturated heterocycles. The van der Waals surface area contributed by atoms with Gasteiger partial charge in [0.25, 0.3) is 5.91 Å². The molecule has 0 bridgehead atoms. The highest BCUT2D eigenvalue weighted by Gasteiger charge is 2.25. The van der Waals surface area contributed by atoms with Crippen LogP contribution in [0.4, 0.5) is 0 Å². The number of nitrogens with one attached hydrogen (secondary N) is 1. The summed E-state index contributed by atoms with van der Waals surface area (Å²) in [5, 5.41) is 3.41. The maximum absolute atomic E-state index is 13.0. The Balaban J connectivity index is 0.00000261. The van der Waals surface area contributed by atoms with E-state index in [2.05, 4.69) is 10.3 Å². The van der Waals surface area contributed by atoms with Crippen LogP contribution in [-0.4, -0.2) is 41.5 Å². The molecular formula is C21H28ClN3O2. The Morgan fingerprint density at radius 3 is 2.74 bits per heavy atom. The molecule has 2 heterocycles. The van der Waals surface area contributed by atoms with E-state index >= 15 is 0 Å². The molecule has 3 rings (SSSR count). The fourth-order valence-electron chi connectivity index (χ4n) is 3.26. The van der Waals surface area contributed by atoms with Gasteiger partial charge in [0.1, 0.15) is 5.75 Å². The van der Waals surface area contributed by atoms with Crippen molar-refractivity contribution >= 4 is 18.3 Å². The molecule has 0 spiro atoms. The van der Waals surface area contributed by atoms with E-state index in [4.69, 9.17) is 4.74 Å². The van der Waals surface area contributed by atoms with Crippen LogP contribution in [0.1, 0.15) is 30.5 Å². The molecule has 0 aliphatic carbocycles. The SMILES string of the molecule is Cc1ccc(OCC(=O)N(Cc2ccccn2)C2CCCNCC2)cc1.Cl. The average Bonchev–Trinajstić information content (AvgIpc) is 2.95. The summed E-state index contributed by atoms with van der Waals surface area (Å²) in [6.07, 6.45) is 4.82. The van der Waals surface area contributed by atoms with Crippen molar-refractivity contribution in [3.63, 3.8) is 0 Å². The number of pyridine rings is 1. The third kappa shape index (κ3) is 6.52. The average molecular weight is 390 g/mol. The van der Waals surface area contributed by atoms with E-state index in [9.17, 15) is 4.79 Å². The van der Waals surface area contributed by atoms with E-state index in [1.165, 1.54) is 5.56 Å². The van der Waals surface area contributed by atoms with Gasteiger partial charge in [0.15, 0.2) is 6.61 Å². The first kappa shape index (κ1) is 21.2. The van der Waals surface area contributed by atoms with Gasteiger partial charge in [-0.25, -0.2) is 0 Å². The predicted molar refractivity (Wildman–Crippen MR) is 109 cm³/mol. The summed E-state index contributed by atoms with van der Waals surface area (Å²) in [4.78, 5) is 19.3. The van der Waals surface area contributed by atoms with Crippen LogP contribution in [0.5, 0.6) is 5.75 Å². The Labute approximate surface area is 167 Å². The molecular weight excluding hydrogens is 362 g/mol.